The second-order valence-electron chi connectivity index (χ2n) is 7.67. The summed E-state index contributed by atoms with van der Waals surface area (Å²) < 4.78 is 46.9. The zero-order chi connectivity index (χ0) is 23.0. The third kappa shape index (κ3) is 4.82. The number of hydrogen-bond acceptors (Lipinski definition) is 6. The fraction of sp³-hybridized carbons (Fsp3) is 0.286. The molecule has 2 N–H and O–H groups in total. The van der Waals surface area contributed by atoms with E-state index in [1.807, 2.05) is 0 Å². The highest BCUT2D eigenvalue weighted by atomic mass is 35.5. The number of rotatable bonds is 7. The lowest BCUT2D eigenvalue weighted by Gasteiger charge is -2.16. The molecule has 3 aromatic rings. The third-order valence-electron chi connectivity index (χ3n) is 5.02. The summed E-state index contributed by atoms with van der Waals surface area (Å²) in [5.41, 5.74) is 1.23. The quantitative estimate of drug-likeness (QED) is 0.530. The molecule has 1 aromatic heterocycles. The van der Waals surface area contributed by atoms with Gasteiger partial charge in [-0.3, -0.25) is 4.79 Å². The Labute approximate surface area is 189 Å². The molecular formula is C21H20ClFN4O4S. The van der Waals surface area contributed by atoms with Crippen LogP contribution < -0.4 is 10.0 Å². The van der Waals surface area contributed by atoms with Crippen molar-refractivity contribution in [2.75, 3.05) is 5.32 Å². The molecule has 11 heteroatoms. The highest BCUT2D eigenvalue weighted by Gasteiger charge is 2.30. The Hall–Kier alpha value is -2.82. The number of aromatic nitrogens is 2. The SMILES string of the molecule is Cc1ccc(-c2noc(C3CC3)n2)cc1S(=O)(=O)N[C@@H](C)C(=O)Nc1ccc(F)c(Cl)c1. The minimum absolute atomic E-state index is 0.00255. The summed E-state index contributed by atoms with van der Waals surface area (Å²) in [4.78, 5) is 16.8. The fourth-order valence-electron chi connectivity index (χ4n) is 3.05. The number of benzene rings is 2. The van der Waals surface area contributed by atoms with E-state index in [9.17, 15) is 17.6 Å². The van der Waals surface area contributed by atoms with Gasteiger partial charge >= 0.3 is 0 Å². The molecule has 0 spiro atoms. The monoisotopic (exact) mass is 478 g/mol. The molecule has 1 saturated carbocycles. The number of amides is 1. The molecule has 0 bridgehead atoms. The molecule has 32 heavy (non-hydrogen) atoms. The predicted octanol–water partition coefficient (Wildman–Crippen LogP) is 4.02. The van der Waals surface area contributed by atoms with E-state index in [1.54, 1.807) is 19.1 Å². The molecule has 0 saturated heterocycles. The molecule has 1 aliphatic rings. The first-order valence-corrected chi connectivity index (χ1v) is 11.7. The minimum Gasteiger partial charge on any atom is -0.339 e. The highest BCUT2D eigenvalue weighted by molar-refractivity contribution is 7.89. The molecule has 1 atom stereocenters. The number of halogens is 2. The molecule has 1 amide bonds. The molecular weight excluding hydrogens is 459 g/mol. The van der Waals surface area contributed by atoms with Gasteiger partial charge in [0.15, 0.2) is 0 Å². The van der Waals surface area contributed by atoms with E-state index >= 15 is 0 Å². The minimum atomic E-state index is -4.05. The smallest absolute Gasteiger partial charge is 0.242 e. The number of hydrogen-bond donors (Lipinski definition) is 2. The lowest BCUT2D eigenvalue weighted by atomic mass is 10.1. The number of carbonyl (C=O) groups excluding carboxylic acids is 1. The Morgan fingerprint density at radius 1 is 1.25 bits per heavy atom. The van der Waals surface area contributed by atoms with E-state index in [2.05, 4.69) is 20.2 Å². The predicted molar refractivity (Wildman–Crippen MR) is 116 cm³/mol. The average molecular weight is 479 g/mol. The van der Waals surface area contributed by atoms with E-state index in [4.69, 9.17) is 16.1 Å². The van der Waals surface area contributed by atoms with Crippen LogP contribution in [0.1, 0.15) is 37.1 Å². The summed E-state index contributed by atoms with van der Waals surface area (Å²) >= 11 is 5.71. The zero-order valence-corrected chi connectivity index (χ0v) is 18.8. The number of aryl methyl sites for hydroxylation is 1. The summed E-state index contributed by atoms with van der Waals surface area (Å²) in [6.45, 7) is 3.05. The van der Waals surface area contributed by atoms with E-state index < -0.39 is 27.8 Å². The van der Waals surface area contributed by atoms with Gasteiger partial charge in [0, 0.05) is 17.2 Å². The molecule has 2 aromatic carbocycles. The highest BCUT2D eigenvalue weighted by Crippen LogP contribution is 2.39. The van der Waals surface area contributed by atoms with Crippen LogP contribution in [0, 0.1) is 12.7 Å². The fourth-order valence-corrected chi connectivity index (χ4v) is 4.71. The molecule has 8 nitrogen and oxygen atoms in total. The van der Waals surface area contributed by atoms with Crippen LogP contribution in [0.3, 0.4) is 0 Å². The van der Waals surface area contributed by atoms with Crippen molar-refractivity contribution in [3.8, 4) is 11.4 Å². The maximum absolute atomic E-state index is 13.3. The first-order chi connectivity index (χ1) is 15.1. The van der Waals surface area contributed by atoms with Crippen molar-refractivity contribution in [1.29, 1.82) is 0 Å². The van der Waals surface area contributed by atoms with Crippen molar-refractivity contribution in [1.82, 2.24) is 14.9 Å². The number of sulfonamides is 1. The van der Waals surface area contributed by atoms with Crippen LogP contribution in [-0.4, -0.2) is 30.5 Å². The molecule has 168 valence electrons. The molecule has 0 unspecified atom stereocenters. The molecule has 1 fully saturated rings. The summed E-state index contributed by atoms with van der Waals surface area (Å²) in [5, 5.41) is 6.29. The van der Waals surface area contributed by atoms with Gasteiger partial charge < -0.3 is 9.84 Å². The standard InChI is InChI=1S/C21H20ClFN4O4S/c1-11-3-4-14(19-25-21(31-26-19)13-5-6-13)9-18(11)32(29,30)27-12(2)20(28)24-15-7-8-17(23)16(22)10-15/h3-4,7-10,12-13,27H,5-6H2,1-2H3,(H,24,28)/t12-/m0/s1. The van der Waals surface area contributed by atoms with Gasteiger partial charge in [0.05, 0.1) is 16.0 Å². The summed E-state index contributed by atoms with van der Waals surface area (Å²) in [6, 6.07) is 7.36. The summed E-state index contributed by atoms with van der Waals surface area (Å²) in [6.07, 6.45) is 2.01. The number of carbonyl (C=O) groups is 1. The van der Waals surface area contributed by atoms with Gasteiger partial charge in [-0.2, -0.15) is 9.71 Å². The lowest BCUT2D eigenvalue weighted by Crippen LogP contribution is -2.41. The molecule has 1 aliphatic carbocycles. The van der Waals surface area contributed by atoms with Gasteiger partial charge in [0.2, 0.25) is 27.6 Å². The molecule has 0 aliphatic heterocycles. The molecule has 0 radical (unpaired) electrons. The van der Waals surface area contributed by atoms with Crippen molar-refractivity contribution in [3.63, 3.8) is 0 Å². The van der Waals surface area contributed by atoms with E-state index in [1.165, 1.54) is 25.1 Å². The van der Waals surface area contributed by atoms with Crippen LogP contribution in [0.2, 0.25) is 5.02 Å². The Morgan fingerprint density at radius 2 is 2.00 bits per heavy atom. The second kappa shape index (κ2) is 8.61. The van der Waals surface area contributed by atoms with Gasteiger partial charge in [-0.1, -0.05) is 28.9 Å². The Bertz CT molecular complexity index is 1290. The zero-order valence-electron chi connectivity index (χ0n) is 17.2. The van der Waals surface area contributed by atoms with Crippen LogP contribution in [0.4, 0.5) is 10.1 Å². The number of anilines is 1. The summed E-state index contributed by atoms with van der Waals surface area (Å²) in [5.74, 6) is -0.115. The van der Waals surface area contributed by atoms with Gasteiger partial charge in [-0.15, -0.1) is 0 Å². The van der Waals surface area contributed by atoms with E-state index in [0.29, 0.717) is 22.8 Å². The van der Waals surface area contributed by atoms with Crippen molar-refractivity contribution >= 4 is 33.2 Å². The lowest BCUT2D eigenvalue weighted by molar-refractivity contribution is -0.117. The number of nitrogens with one attached hydrogen (secondary N) is 2. The molecule has 1 heterocycles. The second-order valence-corrected chi connectivity index (χ2v) is 9.76. The van der Waals surface area contributed by atoms with Crippen molar-refractivity contribution in [3.05, 3.63) is 58.7 Å². The number of nitrogens with zero attached hydrogens (tertiary/aromatic N) is 2. The largest absolute Gasteiger partial charge is 0.339 e. The van der Waals surface area contributed by atoms with Gasteiger partial charge in [-0.25, -0.2) is 12.8 Å². The van der Waals surface area contributed by atoms with Crippen molar-refractivity contribution in [2.24, 2.45) is 0 Å². The van der Waals surface area contributed by atoms with E-state index in [-0.39, 0.29) is 21.5 Å². The average Bonchev–Trinajstić information content (AvgIpc) is 3.47. The van der Waals surface area contributed by atoms with Gasteiger partial charge in [0.25, 0.3) is 0 Å². The maximum Gasteiger partial charge on any atom is 0.242 e. The van der Waals surface area contributed by atoms with Crippen molar-refractivity contribution in [2.45, 2.75) is 43.5 Å². The van der Waals surface area contributed by atoms with Crippen LogP contribution in [0.15, 0.2) is 45.8 Å². The first kappa shape index (κ1) is 22.4. The Balaban J connectivity index is 1.51. The first-order valence-electron chi connectivity index (χ1n) is 9.87. The van der Waals surface area contributed by atoms with Crippen molar-refractivity contribution < 1.29 is 22.1 Å². The van der Waals surface area contributed by atoms with Gasteiger partial charge in [0.1, 0.15) is 5.82 Å². The molecule has 4 rings (SSSR count). The van der Waals surface area contributed by atoms with Gasteiger partial charge in [-0.05, 0) is 56.5 Å². The maximum atomic E-state index is 13.3. The van der Waals surface area contributed by atoms with E-state index in [0.717, 1.165) is 18.9 Å². The Morgan fingerprint density at radius 3 is 2.69 bits per heavy atom. The summed E-state index contributed by atoms with van der Waals surface area (Å²) in [7, 11) is -4.05. The van der Waals surface area contributed by atoms with Crippen LogP contribution in [0.25, 0.3) is 11.4 Å². The Kier molecular flexibility index (Phi) is 6.02. The van der Waals surface area contributed by atoms with Crippen LogP contribution in [-0.2, 0) is 14.8 Å². The topological polar surface area (TPSA) is 114 Å². The van der Waals surface area contributed by atoms with Crippen LogP contribution in [0.5, 0.6) is 0 Å². The van der Waals surface area contributed by atoms with Crippen LogP contribution >= 0.6 is 11.6 Å². The third-order valence-corrected chi connectivity index (χ3v) is 6.99. The normalized spacial score (nSPS) is 14.9.